The van der Waals surface area contributed by atoms with E-state index in [4.69, 9.17) is 10.8 Å². The molecular weight excluding hydrogens is 496 g/mol. The molecule has 0 amide bonds. The van der Waals surface area contributed by atoms with Crippen molar-refractivity contribution in [3.8, 4) is 0 Å². The summed E-state index contributed by atoms with van der Waals surface area (Å²) in [5, 5.41) is 12.0. The molecule has 0 bridgehead atoms. The summed E-state index contributed by atoms with van der Waals surface area (Å²) >= 11 is 0. The molecule has 0 unspecified atom stereocenters. The molecule has 0 fully saturated rings. The predicted octanol–water partition coefficient (Wildman–Crippen LogP) is 8.32. The molecular formula is C24H58FeN2P4+4. The summed E-state index contributed by atoms with van der Waals surface area (Å²) in [4.78, 5) is 0. The Morgan fingerprint density at radius 2 is 0.548 bits per heavy atom. The smallest absolute Gasteiger partial charge is 0.0287 e. The molecule has 0 N–H and O–H groups in total. The molecule has 31 heavy (non-hydrogen) atoms. The van der Waals surface area contributed by atoms with Crippen molar-refractivity contribution in [3.63, 3.8) is 0 Å². The molecule has 0 aromatic rings. The van der Waals surface area contributed by atoms with Crippen LogP contribution in [0, 0.1) is 10.8 Å². The van der Waals surface area contributed by atoms with E-state index in [1.54, 1.807) is 37.0 Å². The van der Waals surface area contributed by atoms with Gasteiger partial charge in [-0.2, -0.15) is 0 Å². The van der Waals surface area contributed by atoms with E-state index in [0.29, 0.717) is 0 Å². The van der Waals surface area contributed by atoms with Gasteiger partial charge >= 0.3 is 0 Å². The average Bonchev–Trinajstić information content (AvgIpc) is 2.61. The minimum atomic E-state index is -0.172. The maximum absolute atomic E-state index is 6.00. The topological polar surface area (TPSA) is 47.6 Å². The Morgan fingerprint density at radius 1 is 0.387 bits per heavy atom. The van der Waals surface area contributed by atoms with Crippen molar-refractivity contribution < 1.29 is 17.1 Å². The van der Waals surface area contributed by atoms with Crippen molar-refractivity contribution in [2.75, 3.05) is 37.0 Å². The van der Waals surface area contributed by atoms with Gasteiger partial charge in [-0.05, 0) is 83.1 Å². The van der Waals surface area contributed by atoms with Gasteiger partial charge in [0.05, 0.1) is 70.9 Å². The largest absolute Gasteiger partial charge is 0.0910 e. The van der Waals surface area contributed by atoms with Gasteiger partial charge in [-0.3, -0.25) is 0 Å². The predicted molar refractivity (Wildman–Crippen MR) is 157 cm³/mol. The maximum atomic E-state index is 6.00. The van der Waals surface area contributed by atoms with Crippen molar-refractivity contribution in [2.45, 2.75) is 117 Å². The van der Waals surface area contributed by atoms with Crippen molar-refractivity contribution in [2.24, 2.45) is 0 Å². The van der Waals surface area contributed by atoms with Crippen molar-refractivity contribution in [1.29, 1.82) is 10.8 Å². The number of hydrogen-bond acceptors (Lipinski definition) is 2. The monoisotopic (exact) mass is 554 g/mol. The van der Waals surface area contributed by atoms with E-state index in [2.05, 4.69) is 83.1 Å². The zero-order valence-corrected chi connectivity index (χ0v) is 28.1. The van der Waals surface area contributed by atoms with Gasteiger partial charge in [0.1, 0.15) is 0 Å². The van der Waals surface area contributed by atoms with Crippen LogP contribution in [0.4, 0.5) is 0 Å². The first-order valence-corrected chi connectivity index (χ1v) is 20.2. The molecule has 0 atom stereocenters. The third kappa shape index (κ3) is 16.8. The molecule has 0 saturated carbocycles. The average molecular weight is 554 g/mol. The van der Waals surface area contributed by atoms with E-state index in [0.717, 1.165) is 34.0 Å². The van der Waals surface area contributed by atoms with E-state index in [9.17, 15) is 0 Å². The minimum absolute atomic E-state index is 0. The SMILES string of the molecule is CC(C)[PH+](CC[PH+](CC[PH+](C(C)C)C(C)C)CC[PH+](C(C)C)C(C)C)C(C)C.N#N.[Fe]. The first-order chi connectivity index (χ1) is 13.9. The molecule has 0 aromatic heterocycles. The first-order valence-electron chi connectivity index (χ1n) is 12.5. The second kappa shape index (κ2) is 21.0. The summed E-state index contributed by atoms with van der Waals surface area (Å²) in [5.41, 5.74) is 5.70. The van der Waals surface area contributed by atoms with Gasteiger partial charge in [0.2, 0.25) is 0 Å². The maximum Gasteiger partial charge on any atom is 0.0910 e. The standard InChI is InChI=1S/C24H54P4.Fe.N2/c1-19(2)26(20(3)4)16-13-25(14-17-27(21(5)6)22(7)8)15-18-28(23(9)10)24(11)12;;1-2/h19-24H,13-18H2,1-12H3;;/p+4. The Balaban J connectivity index is -0.00000253. The quantitative estimate of drug-likeness (QED) is 0.116. The molecule has 188 valence electrons. The van der Waals surface area contributed by atoms with Crippen molar-refractivity contribution in [1.82, 2.24) is 0 Å². The minimum Gasteiger partial charge on any atom is -0.0287 e. The molecule has 0 heterocycles. The van der Waals surface area contributed by atoms with E-state index in [1.807, 2.05) is 0 Å². The summed E-state index contributed by atoms with van der Waals surface area (Å²) in [6.45, 7) is 30.0. The summed E-state index contributed by atoms with van der Waals surface area (Å²) in [7, 11) is -0.667. The van der Waals surface area contributed by atoms with Crippen LogP contribution in [0.1, 0.15) is 83.1 Å². The zero-order valence-electron chi connectivity index (χ0n) is 23.0. The fourth-order valence-electron chi connectivity index (χ4n) is 5.07. The summed E-state index contributed by atoms with van der Waals surface area (Å²) in [5.74, 6) is 0. The van der Waals surface area contributed by atoms with Gasteiger partial charge in [-0.1, -0.05) is 0 Å². The van der Waals surface area contributed by atoms with Crippen LogP contribution in [0.15, 0.2) is 0 Å². The van der Waals surface area contributed by atoms with Crippen LogP contribution < -0.4 is 0 Å². The second-order valence-electron chi connectivity index (χ2n) is 10.9. The van der Waals surface area contributed by atoms with E-state index in [1.165, 1.54) is 0 Å². The molecule has 0 aliphatic rings. The Kier molecular flexibility index (Phi) is 25.2. The van der Waals surface area contributed by atoms with Crippen LogP contribution >= 0.6 is 31.7 Å². The van der Waals surface area contributed by atoms with E-state index in [-0.39, 0.29) is 48.8 Å². The van der Waals surface area contributed by atoms with Gasteiger partial charge in [0.25, 0.3) is 0 Å². The van der Waals surface area contributed by atoms with Crippen LogP contribution in [-0.4, -0.2) is 70.9 Å². The van der Waals surface area contributed by atoms with Gasteiger partial charge in [-0.25, -0.2) is 0 Å². The van der Waals surface area contributed by atoms with Crippen molar-refractivity contribution >= 4 is 31.7 Å². The number of rotatable bonds is 15. The van der Waals surface area contributed by atoms with Crippen LogP contribution in [0.25, 0.3) is 0 Å². The third-order valence-electron chi connectivity index (χ3n) is 6.75. The molecule has 2 nitrogen and oxygen atoms in total. The van der Waals surface area contributed by atoms with Gasteiger partial charge in [-0.15, -0.1) is 0 Å². The van der Waals surface area contributed by atoms with Gasteiger partial charge in [0, 0.05) is 59.5 Å². The van der Waals surface area contributed by atoms with Crippen LogP contribution in [0.3, 0.4) is 0 Å². The molecule has 0 radical (unpaired) electrons. The first kappa shape index (κ1) is 37.2. The van der Waals surface area contributed by atoms with Crippen molar-refractivity contribution in [3.05, 3.63) is 0 Å². The molecule has 0 saturated heterocycles. The Bertz CT molecular complexity index is 348. The third-order valence-corrected chi connectivity index (χ3v) is 22.5. The fraction of sp³-hybridized carbons (Fsp3) is 1.00. The van der Waals surface area contributed by atoms with Crippen LogP contribution in [-0.2, 0) is 17.1 Å². The normalized spacial score (nSPS) is 12.3. The molecule has 7 heteroatoms. The number of nitrogens with zero attached hydrogens (tertiary/aromatic N) is 2. The van der Waals surface area contributed by atoms with Gasteiger partial charge in [0.15, 0.2) is 0 Å². The molecule has 0 aliphatic heterocycles. The zero-order chi connectivity index (χ0) is 24.0. The summed E-state index contributed by atoms with van der Waals surface area (Å²) < 4.78 is 0. The summed E-state index contributed by atoms with van der Waals surface area (Å²) in [6, 6.07) is 0. The number of hydrogen-bond donors (Lipinski definition) is 0. The molecule has 0 aromatic carbocycles. The molecule has 0 aliphatic carbocycles. The Labute approximate surface area is 212 Å². The second-order valence-corrected chi connectivity index (χ2v) is 25.8. The van der Waals surface area contributed by atoms with E-state index < -0.39 is 0 Å². The van der Waals surface area contributed by atoms with Gasteiger partial charge < -0.3 is 0 Å². The van der Waals surface area contributed by atoms with E-state index >= 15 is 0 Å². The van der Waals surface area contributed by atoms with Crippen LogP contribution in [0.5, 0.6) is 0 Å². The fourth-order valence-corrected chi connectivity index (χ4v) is 21.0. The molecule has 0 spiro atoms. The molecule has 0 rings (SSSR count). The van der Waals surface area contributed by atoms with Crippen LogP contribution in [0.2, 0.25) is 0 Å². The Hall–Kier alpha value is 1.66. The summed E-state index contributed by atoms with van der Waals surface area (Å²) in [6.07, 6.45) is 9.70. The Morgan fingerprint density at radius 3 is 0.677 bits per heavy atom.